The molecule has 10 heteroatoms. The van der Waals surface area contributed by atoms with E-state index in [1.54, 1.807) is 0 Å². The summed E-state index contributed by atoms with van der Waals surface area (Å²) in [7, 11) is -4.39. The van der Waals surface area contributed by atoms with Gasteiger partial charge in [-0.05, 0) is 64.2 Å². The Hall–Kier alpha value is -1.77. The van der Waals surface area contributed by atoms with E-state index in [-0.39, 0.29) is 32.6 Å². The molecule has 1 unspecified atom stereocenters. The lowest BCUT2D eigenvalue weighted by atomic mass is 10.1. The second kappa shape index (κ2) is 43.8. The zero-order chi connectivity index (χ0) is 41.8. The van der Waals surface area contributed by atoms with Crippen molar-refractivity contribution >= 4 is 19.8 Å². The fourth-order valence-corrected chi connectivity index (χ4v) is 7.26. The Kier molecular flexibility index (Phi) is 42.4. The Morgan fingerprint density at radius 3 is 1.40 bits per heavy atom. The molecule has 0 radical (unpaired) electrons. The van der Waals surface area contributed by atoms with Crippen LogP contribution in [-0.4, -0.2) is 49.3 Å². The smallest absolute Gasteiger partial charge is 0.462 e. The molecular formula is C47H88NO8P. The van der Waals surface area contributed by atoms with Gasteiger partial charge in [0.05, 0.1) is 13.2 Å². The molecular weight excluding hydrogens is 737 g/mol. The van der Waals surface area contributed by atoms with Gasteiger partial charge in [0.25, 0.3) is 0 Å². The number of allylic oxidation sites excluding steroid dienone is 6. The van der Waals surface area contributed by atoms with Crippen LogP contribution in [-0.2, 0) is 32.7 Å². The molecule has 0 saturated heterocycles. The summed E-state index contributed by atoms with van der Waals surface area (Å²) in [5, 5.41) is 0. The van der Waals surface area contributed by atoms with Gasteiger partial charge in [0.2, 0.25) is 0 Å². The van der Waals surface area contributed by atoms with Crippen LogP contribution in [0.2, 0.25) is 0 Å². The maximum atomic E-state index is 12.6. The first-order valence-corrected chi connectivity index (χ1v) is 25.0. The fraction of sp³-hybridized carbons (Fsp3) is 0.830. The number of hydrogen-bond acceptors (Lipinski definition) is 8. The van der Waals surface area contributed by atoms with Crippen LogP contribution in [0.15, 0.2) is 36.5 Å². The van der Waals surface area contributed by atoms with Gasteiger partial charge in [0, 0.05) is 19.4 Å². The number of ether oxygens (including phenoxy) is 2. The van der Waals surface area contributed by atoms with Crippen LogP contribution in [0.1, 0.15) is 219 Å². The summed E-state index contributed by atoms with van der Waals surface area (Å²) in [4.78, 5) is 34.9. The van der Waals surface area contributed by atoms with Crippen molar-refractivity contribution in [3.05, 3.63) is 36.5 Å². The maximum Gasteiger partial charge on any atom is 0.472 e. The minimum Gasteiger partial charge on any atom is -0.462 e. The summed E-state index contributed by atoms with van der Waals surface area (Å²) in [6, 6.07) is 0. The zero-order valence-electron chi connectivity index (χ0n) is 36.8. The second-order valence-electron chi connectivity index (χ2n) is 15.6. The van der Waals surface area contributed by atoms with Gasteiger partial charge in [-0.15, -0.1) is 0 Å². The molecule has 0 fully saturated rings. The lowest BCUT2D eigenvalue weighted by Gasteiger charge is -2.19. The van der Waals surface area contributed by atoms with Crippen molar-refractivity contribution in [3.63, 3.8) is 0 Å². The topological polar surface area (TPSA) is 134 Å². The molecule has 0 rings (SSSR count). The van der Waals surface area contributed by atoms with Crippen LogP contribution >= 0.6 is 7.82 Å². The molecule has 334 valence electrons. The monoisotopic (exact) mass is 826 g/mol. The fourth-order valence-electron chi connectivity index (χ4n) is 6.49. The van der Waals surface area contributed by atoms with Gasteiger partial charge in [-0.2, -0.15) is 0 Å². The Bertz CT molecular complexity index is 1030. The number of carbonyl (C=O) groups is 2. The molecule has 0 spiro atoms. The second-order valence-corrected chi connectivity index (χ2v) is 17.1. The molecule has 0 saturated carbocycles. The molecule has 0 bridgehead atoms. The summed E-state index contributed by atoms with van der Waals surface area (Å²) < 4.78 is 32.8. The first-order valence-electron chi connectivity index (χ1n) is 23.5. The highest BCUT2D eigenvalue weighted by molar-refractivity contribution is 7.47. The minimum absolute atomic E-state index is 0.0471. The molecule has 0 aromatic rings. The molecule has 0 heterocycles. The standard InChI is InChI=1S/C47H88NO8P/c1-3-5-7-9-11-13-15-17-19-21-22-24-25-27-29-31-33-35-37-39-46(49)53-43-45(44-55-57(51,52)54-42-41-48)56-47(50)40-38-36-34-32-30-28-26-23-20-18-16-14-12-10-8-6-4-2/h17,19,26,28,32,34,45H,3-16,18,20-25,27,29-31,33,35-44,48H2,1-2H3,(H,51,52)/b19-17+,28-26+,34-32+/t45-/m1/s1. The highest BCUT2D eigenvalue weighted by Crippen LogP contribution is 2.43. The maximum absolute atomic E-state index is 12.6. The van der Waals surface area contributed by atoms with Crippen LogP contribution in [0.3, 0.4) is 0 Å². The Morgan fingerprint density at radius 2 is 0.930 bits per heavy atom. The number of phosphoric acid groups is 1. The summed E-state index contributed by atoms with van der Waals surface area (Å²) in [5.74, 6) is -0.879. The third-order valence-corrected chi connectivity index (χ3v) is 11.0. The van der Waals surface area contributed by atoms with Crippen LogP contribution in [0.25, 0.3) is 0 Å². The van der Waals surface area contributed by atoms with Crippen molar-refractivity contribution < 1.29 is 37.6 Å². The molecule has 0 aliphatic rings. The SMILES string of the molecule is CCCCCCCC/C=C/CCCCCCCCCCCC(=O)OC[C@H](COP(=O)(O)OCCN)OC(=O)CCC/C=C/C/C=C/CCCCCCCCCCC. The average molecular weight is 826 g/mol. The van der Waals surface area contributed by atoms with Crippen LogP contribution in [0, 0.1) is 0 Å². The van der Waals surface area contributed by atoms with E-state index >= 15 is 0 Å². The lowest BCUT2D eigenvalue weighted by molar-refractivity contribution is -0.161. The number of hydrogen-bond donors (Lipinski definition) is 2. The Balaban J connectivity index is 4.15. The van der Waals surface area contributed by atoms with Crippen molar-refractivity contribution in [1.82, 2.24) is 0 Å². The summed E-state index contributed by atoms with van der Waals surface area (Å²) >= 11 is 0. The molecule has 3 N–H and O–H groups in total. The third-order valence-electron chi connectivity index (χ3n) is 10.00. The van der Waals surface area contributed by atoms with E-state index in [2.05, 4.69) is 50.3 Å². The minimum atomic E-state index is -4.39. The van der Waals surface area contributed by atoms with Gasteiger partial charge in [-0.25, -0.2) is 4.57 Å². The Labute approximate surface area is 350 Å². The predicted octanol–water partition coefficient (Wildman–Crippen LogP) is 13.7. The molecule has 0 aromatic heterocycles. The molecule has 0 aromatic carbocycles. The van der Waals surface area contributed by atoms with E-state index in [9.17, 15) is 19.0 Å². The summed E-state index contributed by atoms with van der Waals surface area (Å²) in [6.07, 6.45) is 49.0. The van der Waals surface area contributed by atoms with Crippen LogP contribution in [0.4, 0.5) is 0 Å². The van der Waals surface area contributed by atoms with E-state index < -0.39 is 32.5 Å². The van der Waals surface area contributed by atoms with E-state index in [4.69, 9.17) is 24.3 Å². The Morgan fingerprint density at radius 1 is 0.526 bits per heavy atom. The van der Waals surface area contributed by atoms with E-state index in [0.29, 0.717) is 6.42 Å². The number of phosphoric ester groups is 1. The lowest BCUT2D eigenvalue weighted by Crippen LogP contribution is -2.29. The third kappa shape index (κ3) is 43.6. The predicted molar refractivity (Wildman–Crippen MR) is 238 cm³/mol. The van der Waals surface area contributed by atoms with E-state index in [1.165, 1.54) is 148 Å². The van der Waals surface area contributed by atoms with Gasteiger partial charge < -0.3 is 20.1 Å². The van der Waals surface area contributed by atoms with Crippen molar-refractivity contribution in [2.75, 3.05) is 26.4 Å². The van der Waals surface area contributed by atoms with Crippen LogP contribution < -0.4 is 5.73 Å². The summed E-state index contributed by atoms with van der Waals surface area (Å²) in [5.41, 5.74) is 5.35. The number of nitrogens with two attached hydrogens (primary N) is 1. The van der Waals surface area contributed by atoms with Gasteiger partial charge in [-0.1, -0.05) is 179 Å². The first-order chi connectivity index (χ1) is 27.8. The number of esters is 2. The summed E-state index contributed by atoms with van der Waals surface area (Å²) in [6.45, 7) is 3.70. The van der Waals surface area contributed by atoms with Gasteiger partial charge in [-0.3, -0.25) is 18.6 Å². The normalized spacial score (nSPS) is 13.5. The zero-order valence-corrected chi connectivity index (χ0v) is 37.7. The molecule has 2 atom stereocenters. The number of unbranched alkanes of at least 4 members (excludes halogenated alkanes) is 25. The van der Waals surface area contributed by atoms with Gasteiger partial charge in [0.15, 0.2) is 6.10 Å². The average Bonchev–Trinajstić information content (AvgIpc) is 3.20. The van der Waals surface area contributed by atoms with Crippen molar-refractivity contribution in [2.24, 2.45) is 5.73 Å². The molecule has 0 amide bonds. The van der Waals surface area contributed by atoms with Crippen molar-refractivity contribution in [1.29, 1.82) is 0 Å². The molecule has 0 aliphatic carbocycles. The van der Waals surface area contributed by atoms with E-state index in [0.717, 1.165) is 38.5 Å². The molecule has 9 nitrogen and oxygen atoms in total. The number of rotatable bonds is 44. The highest BCUT2D eigenvalue weighted by Gasteiger charge is 2.26. The molecule has 0 aliphatic heterocycles. The van der Waals surface area contributed by atoms with Crippen molar-refractivity contribution in [2.45, 2.75) is 225 Å². The quantitative estimate of drug-likeness (QED) is 0.0266. The van der Waals surface area contributed by atoms with E-state index in [1.807, 2.05) is 0 Å². The number of carbonyl (C=O) groups excluding carboxylic acids is 2. The molecule has 57 heavy (non-hydrogen) atoms. The first kappa shape index (κ1) is 55.2. The van der Waals surface area contributed by atoms with Crippen molar-refractivity contribution in [3.8, 4) is 0 Å². The van der Waals surface area contributed by atoms with Gasteiger partial charge in [0.1, 0.15) is 6.61 Å². The highest BCUT2D eigenvalue weighted by atomic mass is 31.2. The van der Waals surface area contributed by atoms with Gasteiger partial charge >= 0.3 is 19.8 Å². The largest absolute Gasteiger partial charge is 0.472 e. The van der Waals surface area contributed by atoms with Crippen LogP contribution in [0.5, 0.6) is 0 Å².